The van der Waals surface area contributed by atoms with Crippen molar-refractivity contribution in [1.82, 2.24) is 19.9 Å². The second-order valence-electron chi connectivity index (χ2n) is 8.07. The van der Waals surface area contributed by atoms with Crippen molar-refractivity contribution in [1.29, 1.82) is 0 Å². The van der Waals surface area contributed by atoms with E-state index < -0.39 is 18.8 Å². The second kappa shape index (κ2) is 8.24. The Labute approximate surface area is 182 Å². The molecule has 2 aliphatic rings. The van der Waals surface area contributed by atoms with Gasteiger partial charge in [0, 0.05) is 6.20 Å². The summed E-state index contributed by atoms with van der Waals surface area (Å²) in [6, 6.07) is 3.14. The van der Waals surface area contributed by atoms with Crippen LogP contribution in [0.15, 0.2) is 18.3 Å². The normalized spacial score (nSPS) is 17.2. The molecule has 12 nitrogen and oxygen atoms in total. The summed E-state index contributed by atoms with van der Waals surface area (Å²) in [5.41, 5.74) is 0.766. The first-order valence-electron chi connectivity index (χ1n) is 10.1. The molecule has 2 aliphatic heterocycles. The number of benzene rings is 1. The topological polar surface area (TPSA) is 164 Å². The zero-order chi connectivity index (χ0) is 23.0. The van der Waals surface area contributed by atoms with Gasteiger partial charge in [-0.3, -0.25) is 9.59 Å². The second-order valence-corrected chi connectivity index (χ2v) is 8.07. The van der Waals surface area contributed by atoms with Gasteiger partial charge in [0.2, 0.25) is 5.91 Å². The molecule has 0 unspecified atom stereocenters. The molecule has 1 aromatic heterocycles. The quantitative estimate of drug-likeness (QED) is 0.462. The number of ether oxygens (including phenoxy) is 1. The Balaban J connectivity index is 1.38. The van der Waals surface area contributed by atoms with E-state index in [0.29, 0.717) is 11.3 Å². The lowest BCUT2D eigenvalue weighted by Gasteiger charge is -2.40. The molecular weight excluding hydrogens is 423 g/mol. The Hall–Kier alpha value is -3.45. The highest BCUT2D eigenvalue weighted by Crippen LogP contribution is 2.38. The third kappa shape index (κ3) is 4.58. The minimum absolute atomic E-state index is 0.0199. The van der Waals surface area contributed by atoms with Gasteiger partial charge in [0.25, 0.3) is 0 Å². The summed E-state index contributed by atoms with van der Waals surface area (Å²) in [5.74, 6) is -1.66. The van der Waals surface area contributed by atoms with Crippen LogP contribution in [0.1, 0.15) is 28.5 Å². The highest BCUT2D eigenvalue weighted by molar-refractivity contribution is 6.59. The largest absolute Gasteiger partial charge is 0.669 e. The number of carbonyl (C=O) groups is 3. The van der Waals surface area contributed by atoms with Gasteiger partial charge < -0.3 is 29.4 Å². The van der Waals surface area contributed by atoms with Crippen LogP contribution in [-0.2, 0) is 29.0 Å². The Morgan fingerprint density at radius 2 is 2.03 bits per heavy atom. The Kier molecular flexibility index (Phi) is 5.61. The number of carbonyl (C=O) groups excluding carboxylic acids is 2. The molecule has 0 saturated carbocycles. The smallest absolute Gasteiger partial charge is 0.430 e. The third-order valence-electron chi connectivity index (χ3n) is 5.32. The molecule has 170 valence electrons. The molecule has 0 aliphatic carbocycles. The minimum Gasteiger partial charge on any atom is -0.669 e. The van der Waals surface area contributed by atoms with Crippen molar-refractivity contribution in [2.45, 2.75) is 38.7 Å². The summed E-state index contributed by atoms with van der Waals surface area (Å²) < 4.78 is 12.3. The average molecular weight is 445 g/mol. The lowest BCUT2D eigenvalue weighted by molar-refractivity contribution is -0.140. The highest BCUT2D eigenvalue weighted by Gasteiger charge is 2.36. The first-order chi connectivity index (χ1) is 15.1. The van der Waals surface area contributed by atoms with Crippen LogP contribution in [0.3, 0.4) is 0 Å². The Bertz CT molecular complexity index is 1080. The van der Waals surface area contributed by atoms with E-state index in [-0.39, 0.29) is 67.5 Å². The maximum absolute atomic E-state index is 12.4. The number of fused-ring (bicyclic) bond motifs is 1. The first kappa shape index (κ1) is 21.8. The molecule has 1 saturated heterocycles. The van der Waals surface area contributed by atoms with Gasteiger partial charge in [0.1, 0.15) is 29.7 Å². The van der Waals surface area contributed by atoms with Crippen molar-refractivity contribution < 1.29 is 38.9 Å². The number of nitrogens with zero attached hydrogens (tertiary/aromatic N) is 4. The number of rotatable bonds is 7. The number of aromatic nitrogens is 3. The molecule has 2 aromatic rings. The molecular formula is C19H22BN4O8-. The number of hydrogen-bond donors (Lipinski definition) is 3. The van der Waals surface area contributed by atoms with Crippen molar-refractivity contribution in [3.8, 4) is 11.5 Å². The maximum Gasteiger partial charge on any atom is 0.430 e. The van der Waals surface area contributed by atoms with Gasteiger partial charge in [-0.15, -0.1) is 5.10 Å². The fourth-order valence-electron chi connectivity index (χ4n) is 3.72. The van der Waals surface area contributed by atoms with E-state index in [1.54, 1.807) is 12.3 Å². The van der Waals surface area contributed by atoms with Gasteiger partial charge in [-0.1, -0.05) is 17.6 Å². The number of carboxylic acid groups (broad SMARTS) is 1. The van der Waals surface area contributed by atoms with Crippen molar-refractivity contribution in [3.05, 3.63) is 35.2 Å². The van der Waals surface area contributed by atoms with Crippen LogP contribution in [0, 0.1) is 0 Å². The number of likely N-dealkylation sites (tertiary alicyclic amines) is 1. The molecule has 0 spiro atoms. The fraction of sp³-hybridized carbons (Fsp3) is 0.421. The molecule has 0 bridgehead atoms. The standard InChI is InChI=1S/C19H22BN4O8/c1-11(25)6-13-7-24(22-21-13)10-16(26)23-8-14(9-23)31-15-3-2-12-4-5-20(29,30)32-18(12)17(15)19(27)28/h2-3,7,14,29-30H,4-6,8-10H2,1H3,(H,27,28)/q-1. The highest BCUT2D eigenvalue weighted by atomic mass is 16.6. The predicted molar refractivity (Wildman–Crippen MR) is 108 cm³/mol. The Morgan fingerprint density at radius 3 is 2.72 bits per heavy atom. The van der Waals surface area contributed by atoms with Crippen LogP contribution in [0.4, 0.5) is 0 Å². The number of carboxylic acids is 1. The zero-order valence-corrected chi connectivity index (χ0v) is 17.3. The molecule has 1 fully saturated rings. The monoisotopic (exact) mass is 445 g/mol. The van der Waals surface area contributed by atoms with E-state index in [9.17, 15) is 29.5 Å². The predicted octanol–water partition coefficient (Wildman–Crippen LogP) is -0.744. The first-order valence-corrected chi connectivity index (χ1v) is 10.1. The number of aryl methyl sites for hydroxylation is 1. The van der Waals surface area contributed by atoms with Crippen LogP contribution < -0.4 is 9.39 Å². The van der Waals surface area contributed by atoms with Gasteiger partial charge in [-0.05, 0) is 25.0 Å². The third-order valence-corrected chi connectivity index (χ3v) is 5.32. The number of Topliss-reactive ketones (excluding diaryl/α,β-unsaturated/α-hetero) is 1. The van der Waals surface area contributed by atoms with Gasteiger partial charge in [0.15, 0.2) is 0 Å². The van der Waals surface area contributed by atoms with Gasteiger partial charge in [-0.25, -0.2) is 9.48 Å². The van der Waals surface area contributed by atoms with Crippen LogP contribution in [0.25, 0.3) is 0 Å². The molecule has 0 atom stereocenters. The Morgan fingerprint density at radius 1 is 1.28 bits per heavy atom. The molecule has 4 rings (SSSR count). The van der Waals surface area contributed by atoms with Crippen LogP contribution >= 0.6 is 0 Å². The number of amides is 1. The zero-order valence-electron chi connectivity index (χ0n) is 17.3. The van der Waals surface area contributed by atoms with Crippen LogP contribution in [-0.4, -0.2) is 78.7 Å². The molecule has 13 heteroatoms. The number of ketones is 1. The summed E-state index contributed by atoms with van der Waals surface area (Å²) in [5, 5.41) is 36.9. The van der Waals surface area contributed by atoms with Crippen molar-refractivity contribution in [2.24, 2.45) is 0 Å². The van der Waals surface area contributed by atoms with Crippen molar-refractivity contribution in [2.75, 3.05) is 13.1 Å². The summed E-state index contributed by atoms with van der Waals surface area (Å²) in [4.78, 5) is 36.9. The SMILES string of the molecule is CC(=O)Cc1cn(CC(=O)N2CC(Oc3ccc4c(c3C(=O)O)O[B-](O)(O)CC4)C2)nn1. The summed E-state index contributed by atoms with van der Waals surface area (Å²) in [6.45, 7) is -1.22. The molecule has 32 heavy (non-hydrogen) atoms. The van der Waals surface area contributed by atoms with E-state index >= 15 is 0 Å². The molecule has 1 amide bonds. The fourth-order valence-corrected chi connectivity index (χ4v) is 3.72. The molecule has 3 N–H and O–H groups in total. The van der Waals surface area contributed by atoms with E-state index in [0.717, 1.165) is 0 Å². The van der Waals surface area contributed by atoms with E-state index in [1.165, 1.54) is 22.6 Å². The van der Waals surface area contributed by atoms with Gasteiger partial charge >= 0.3 is 12.7 Å². The molecule has 1 aromatic carbocycles. The maximum atomic E-state index is 12.4. The van der Waals surface area contributed by atoms with Crippen LogP contribution in [0.5, 0.6) is 11.5 Å². The summed E-state index contributed by atoms with van der Waals surface area (Å²) in [7, 11) is 0. The average Bonchev–Trinajstić information content (AvgIpc) is 3.08. The van der Waals surface area contributed by atoms with Crippen LogP contribution in [0.2, 0.25) is 6.32 Å². The van der Waals surface area contributed by atoms with E-state index in [1.807, 2.05) is 0 Å². The summed E-state index contributed by atoms with van der Waals surface area (Å²) in [6.07, 6.45) is 1.52. The number of aromatic carboxylic acids is 1. The van der Waals surface area contributed by atoms with Crippen molar-refractivity contribution in [3.63, 3.8) is 0 Å². The van der Waals surface area contributed by atoms with Gasteiger partial charge in [0.05, 0.1) is 31.0 Å². The van der Waals surface area contributed by atoms with Crippen molar-refractivity contribution >= 4 is 24.4 Å². The number of hydrogen-bond acceptors (Lipinski definition) is 9. The summed E-state index contributed by atoms with van der Waals surface area (Å²) >= 11 is 0. The lowest BCUT2D eigenvalue weighted by Crippen LogP contribution is -2.57. The van der Waals surface area contributed by atoms with Gasteiger partial charge in [-0.2, -0.15) is 0 Å². The lowest BCUT2D eigenvalue weighted by atomic mass is 9.70. The van der Waals surface area contributed by atoms with E-state index in [4.69, 9.17) is 9.39 Å². The minimum atomic E-state index is -3.12. The molecule has 3 heterocycles. The molecule has 0 radical (unpaired) electrons. The van der Waals surface area contributed by atoms with E-state index in [2.05, 4.69) is 10.3 Å².